The molecule has 0 atom stereocenters. The van der Waals surface area contributed by atoms with Gasteiger partial charge in [-0.3, -0.25) is 0 Å². The third-order valence-corrected chi connectivity index (χ3v) is 3.51. The molecule has 0 fully saturated rings. The Balaban J connectivity index is 2.40. The molecule has 0 radical (unpaired) electrons. The maximum atomic E-state index is 8.78. The quantitative estimate of drug-likeness (QED) is 0.708. The zero-order valence-corrected chi connectivity index (χ0v) is 10.8. The van der Waals surface area contributed by atoms with Crippen LogP contribution in [0.15, 0.2) is 29.2 Å². The van der Waals surface area contributed by atoms with Crippen molar-refractivity contribution in [2.45, 2.75) is 18.7 Å². The van der Waals surface area contributed by atoms with E-state index in [1.165, 1.54) is 4.90 Å². The average Bonchev–Trinajstić information content (AvgIpc) is 2.35. The van der Waals surface area contributed by atoms with Gasteiger partial charge in [0.1, 0.15) is 0 Å². The maximum Gasteiger partial charge on any atom is 0.0992 e. The van der Waals surface area contributed by atoms with Gasteiger partial charge in [-0.1, -0.05) is 19.9 Å². The third-order valence-electron chi connectivity index (χ3n) is 2.53. The van der Waals surface area contributed by atoms with Crippen LogP contribution in [-0.4, -0.2) is 30.3 Å². The molecule has 1 aromatic rings. The Morgan fingerprint density at radius 2 is 2.06 bits per heavy atom. The molecule has 0 aliphatic heterocycles. The second-order valence-electron chi connectivity index (χ2n) is 3.51. The molecule has 0 aliphatic rings. The minimum atomic E-state index is 0.743. The fraction of sp³-hybridized carbons (Fsp3) is 0.462. The van der Waals surface area contributed by atoms with Crippen LogP contribution in [-0.2, 0) is 0 Å². The lowest BCUT2D eigenvalue weighted by Gasteiger charge is -2.17. The van der Waals surface area contributed by atoms with E-state index in [1.54, 1.807) is 0 Å². The van der Waals surface area contributed by atoms with Gasteiger partial charge in [-0.05, 0) is 31.3 Å². The number of hydrogen-bond acceptors (Lipinski definition) is 3. The molecular weight excluding hydrogens is 216 g/mol. The van der Waals surface area contributed by atoms with Gasteiger partial charge >= 0.3 is 0 Å². The molecule has 16 heavy (non-hydrogen) atoms. The Morgan fingerprint density at radius 1 is 1.31 bits per heavy atom. The van der Waals surface area contributed by atoms with Gasteiger partial charge in [0.05, 0.1) is 11.6 Å². The molecule has 0 saturated heterocycles. The van der Waals surface area contributed by atoms with Crippen molar-refractivity contribution in [2.24, 2.45) is 0 Å². The second kappa shape index (κ2) is 7.32. The predicted molar refractivity (Wildman–Crippen MR) is 69.7 cm³/mol. The summed E-state index contributed by atoms with van der Waals surface area (Å²) in [5.74, 6) is 1.08. The van der Waals surface area contributed by atoms with E-state index in [9.17, 15) is 0 Å². The van der Waals surface area contributed by atoms with Gasteiger partial charge in [-0.15, -0.1) is 11.8 Å². The van der Waals surface area contributed by atoms with Crippen molar-refractivity contribution in [1.82, 2.24) is 4.90 Å². The lowest BCUT2D eigenvalue weighted by Crippen LogP contribution is -2.25. The summed E-state index contributed by atoms with van der Waals surface area (Å²) in [7, 11) is 0. The highest BCUT2D eigenvalue weighted by Crippen LogP contribution is 2.18. The molecule has 3 heteroatoms. The molecule has 0 aliphatic carbocycles. The second-order valence-corrected chi connectivity index (χ2v) is 4.68. The minimum absolute atomic E-state index is 0.743. The van der Waals surface area contributed by atoms with Crippen LogP contribution in [0.4, 0.5) is 0 Å². The summed E-state index contributed by atoms with van der Waals surface area (Å²) in [6.07, 6.45) is 0. The molecule has 0 aromatic heterocycles. The smallest absolute Gasteiger partial charge is 0.0992 e. The van der Waals surface area contributed by atoms with Crippen molar-refractivity contribution in [1.29, 1.82) is 5.26 Å². The summed E-state index contributed by atoms with van der Waals surface area (Å²) in [5, 5.41) is 8.78. The van der Waals surface area contributed by atoms with Crippen LogP contribution in [0.5, 0.6) is 0 Å². The number of hydrogen-bond donors (Lipinski definition) is 0. The lowest BCUT2D eigenvalue weighted by atomic mass is 10.2. The van der Waals surface area contributed by atoms with Crippen LogP contribution in [0.2, 0.25) is 0 Å². The Hall–Kier alpha value is -0.980. The monoisotopic (exact) mass is 234 g/mol. The van der Waals surface area contributed by atoms with E-state index < -0.39 is 0 Å². The fourth-order valence-electron chi connectivity index (χ4n) is 1.49. The Kier molecular flexibility index (Phi) is 5.99. The Bertz CT molecular complexity index is 353. The van der Waals surface area contributed by atoms with Crippen molar-refractivity contribution in [3.63, 3.8) is 0 Å². The molecule has 0 amide bonds. The number of rotatable bonds is 6. The van der Waals surface area contributed by atoms with Gasteiger partial charge in [0.25, 0.3) is 0 Å². The summed E-state index contributed by atoms with van der Waals surface area (Å²) in [6, 6.07) is 9.96. The van der Waals surface area contributed by atoms with Gasteiger partial charge in [0.2, 0.25) is 0 Å². The zero-order valence-electron chi connectivity index (χ0n) is 9.94. The largest absolute Gasteiger partial charge is 0.303 e. The summed E-state index contributed by atoms with van der Waals surface area (Å²) in [4.78, 5) is 3.59. The number of nitriles is 1. The predicted octanol–water partition coefficient (Wildman–Crippen LogP) is 2.99. The summed E-state index contributed by atoms with van der Waals surface area (Å²) < 4.78 is 0. The van der Waals surface area contributed by atoms with E-state index in [0.717, 1.165) is 31.0 Å². The van der Waals surface area contributed by atoms with E-state index in [0.29, 0.717) is 0 Å². The number of thioether (sulfide) groups is 1. The van der Waals surface area contributed by atoms with E-state index in [-0.39, 0.29) is 0 Å². The van der Waals surface area contributed by atoms with Gasteiger partial charge in [0, 0.05) is 17.2 Å². The molecule has 0 heterocycles. The first kappa shape index (κ1) is 13.1. The van der Waals surface area contributed by atoms with Crippen molar-refractivity contribution in [3.8, 4) is 6.07 Å². The highest BCUT2D eigenvalue weighted by atomic mass is 32.2. The summed E-state index contributed by atoms with van der Waals surface area (Å²) in [5.41, 5.74) is 0.743. The molecular formula is C13H18N2S. The summed E-state index contributed by atoms with van der Waals surface area (Å²) in [6.45, 7) is 7.69. The van der Waals surface area contributed by atoms with Crippen LogP contribution in [0, 0.1) is 11.3 Å². The van der Waals surface area contributed by atoms with Crippen molar-refractivity contribution in [2.75, 3.05) is 25.4 Å². The zero-order chi connectivity index (χ0) is 11.8. The Morgan fingerprint density at radius 3 is 2.69 bits per heavy atom. The molecule has 0 bridgehead atoms. The van der Waals surface area contributed by atoms with Gasteiger partial charge in [-0.2, -0.15) is 5.26 Å². The van der Waals surface area contributed by atoms with Crippen LogP contribution in [0.1, 0.15) is 19.4 Å². The van der Waals surface area contributed by atoms with Crippen molar-refractivity contribution >= 4 is 11.8 Å². The highest BCUT2D eigenvalue weighted by molar-refractivity contribution is 7.99. The number of benzene rings is 1. The molecule has 2 nitrogen and oxygen atoms in total. The lowest BCUT2D eigenvalue weighted by molar-refractivity contribution is 0.324. The molecule has 0 saturated carbocycles. The van der Waals surface area contributed by atoms with Gasteiger partial charge in [-0.25, -0.2) is 0 Å². The highest BCUT2D eigenvalue weighted by Gasteiger charge is 2.00. The minimum Gasteiger partial charge on any atom is -0.303 e. The van der Waals surface area contributed by atoms with Crippen LogP contribution >= 0.6 is 11.8 Å². The molecule has 0 spiro atoms. The maximum absolute atomic E-state index is 8.78. The molecule has 1 aromatic carbocycles. The van der Waals surface area contributed by atoms with E-state index >= 15 is 0 Å². The summed E-state index contributed by atoms with van der Waals surface area (Å²) >= 11 is 1.82. The number of nitrogens with zero attached hydrogens (tertiary/aromatic N) is 2. The first-order valence-corrected chi connectivity index (χ1v) is 6.64. The van der Waals surface area contributed by atoms with E-state index in [4.69, 9.17) is 5.26 Å². The topological polar surface area (TPSA) is 27.0 Å². The van der Waals surface area contributed by atoms with Gasteiger partial charge < -0.3 is 4.90 Å². The van der Waals surface area contributed by atoms with Crippen LogP contribution in [0.25, 0.3) is 0 Å². The first-order chi connectivity index (χ1) is 7.80. The molecule has 0 unspecified atom stereocenters. The standard InChI is InChI=1S/C13H18N2S/c1-3-15(4-2)8-9-16-13-7-5-6-12(10-13)11-14/h5-7,10H,3-4,8-9H2,1-2H3. The Labute approximate surface area is 102 Å². The van der Waals surface area contributed by atoms with Crippen LogP contribution in [0.3, 0.4) is 0 Å². The van der Waals surface area contributed by atoms with Crippen molar-refractivity contribution < 1.29 is 0 Å². The van der Waals surface area contributed by atoms with E-state index in [1.807, 2.05) is 30.0 Å². The molecule has 1 rings (SSSR count). The van der Waals surface area contributed by atoms with Crippen LogP contribution < -0.4 is 0 Å². The average molecular weight is 234 g/mol. The third kappa shape index (κ3) is 4.26. The SMILES string of the molecule is CCN(CC)CCSc1cccc(C#N)c1. The first-order valence-electron chi connectivity index (χ1n) is 5.65. The van der Waals surface area contributed by atoms with E-state index in [2.05, 4.69) is 30.9 Å². The van der Waals surface area contributed by atoms with Crippen molar-refractivity contribution in [3.05, 3.63) is 29.8 Å². The molecule has 0 N–H and O–H groups in total. The normalized spacial score (nSPS) is 10.4. The molecule has 86 valence electrons. The fourth-order valence-corrected chi connectivity index (χ4v) is 2.46. The van der Waals surface area contributed by atoms with Gasteiger partial charge in [0.15, 0.2) is 0 Å².